The van der Waals surface area contributed by atoms with E-state index < -0.39 is 11.2 Å². The number of rotatable bonds is 3. The molecule has 1 aromatic carbocycles. The summed E-state index contributed by atoms with van der Waals surface area (Å²) < 4.78 is 1.38. The summed E-state index contributed by atoms with van der Waals surface area (Å²) in [6.45, 7) is 0.823. The van der Waals surface area contributed by atoms with Gasteiger partial charge in [0.25, 0.3) is 5.56 Å². The molecule has 0 bridgehead atoms. The molecule has 0 spiro atoms. The van der Waals surface area contributed by atoms with E-state index in [2.05, 4.69) is 20.9 Å². The number of nitrogens with one attached hydrogen (secondary N) is 1. The zero-order chi connectivity index (χ0) is 17.3. The van der Waals surface area contributed by atoms with Gasteiger partial charge in [0.15, 0.2) is 0 Å². The number of hydrogen-bond donors (Lipinski definition) is 2. The van der Waals surface area contributed by atoms with Crippen LogP contribution in [0.4, 0.5) is 0 Å². The Kier molecular flexibility index (Phi) is 4.68. The van der Waals surface area contributed by atoms with Gasteiger partial charge in [0.2, 0.25) is 5.91 Å². The number of nitrogens with zero attached hydrogens (tertiary/aromatic N) is 2. The lowest BCUT2D eigenvalue weighted by Crippen LogP contribution is -2.38. The van der Waals surface area contributed by atoms with E-state index in [9.17, 15) is 14.4 Å². The van der Waals surface area contributed by atoms with Crippen molar-refractivity contribution in [2.24, 2.45) is 5.73 Å². The summed E-state index contributed by atoms with van der Waals surface area (Å²) in [5.74, 6) is -0.126. The number of halogens is 1. The first-order chi connectivity index (χ1) is 11.5. The zero-order valence-electron chi connectivity index (χ0n) is 12.8. The molecule has 2 heterocycles. The van der Waals surface area contributed by atoms with Gasteiger partial charge in [-0.15, -0.1) is 0 Å². The maximum atomic E-state index is 12.5. The van der Waals surface area contributed by atoms with Crippen LogP contribution in [0.3, 0.4) is 0 Å². The second-order valence-electron chi connectivity index (χ2n) is 5.84. The van der Waals surface area contributed by atoms with Crippen molar-refractivity contribution in [1.82, 2.24) is 14.5 Å². The van der Waals surface area contributed by atoms with Gasteiger partial charge in [-0.2, -0.15) is 0 Å². The molecule has 1 aromatic heterocycles. The van der Waals surface area contributed by atoms with Crippen LogP contribution >= 0.6 is 15.9 Å². The molecule has 2 atom stereocenters. The molecular formula is C16H17BrN4O3. The van der Waals surface area contributed by atoms with E-state index in [-0.39, 0.29) is 28.9 Å². The van der Waals surface area contributed by atoms with Gasteiger partial charge in [-0.05, 0) is 21.5 Å². The van der Waals surface area contributed by atoms with Crippen LogP contribution in [0, 0.1) is 0 Å². The van der Waals surface area contributed by atoms with Gasteiger partial charge in [0.05, 0.1) is 4.47 Å². The number of likely N-dealkylation sites (tertiary alicyclic amines) is 1. The summed E-state index contributed by atoms with van der Waals surface area (Å²) in [5.41, 5.74) is 6.16. The maximum Gasteiger partial charge on any atom is 0.328 e. The fourth-order valence-corrected chi connectivity index (χ4v) is 3.28. The highest BCUT2D eigenvalue weighted by Crippen LogP contribution is 2.26. The maximum absolute atomic E-state index is 12.5. The van der Waals surface area contributed by atoms with Crippen LogP contribution in [0.5, 0.6) is 0 Å². The predicted molar refractivity (Wildman–Crippen MR) is 92.8 cm³/mol. The van der Waals surface area contributed by atoms with Crippen LogP contribution in [0.1, 0.15) is 11.5 Å². The highest BCUT2D eigenvalue weighted by atomic mass is 79.9. The summed E-state index contributed by atoms with van der Waals surface area (Å²) in [4.78, 5) is 39.4. The van der Waals surface area contributed by atoms with Crippen molar-refractivity contribution in [2.45, 2.75) is 18.5 Å². The summed E-state index contributed by atoms with van der Waals surface area (Å²) in [6.07, 6.45) is 1.32. The van der Waals surface area contributed by atoms with Crippen molar-refractivity contribution in [1.29, 1.82) is 0 Å². The molecule has 1 amide bonds. The minimum atomic E-state index is -0.611. The van der Waals surface area contributed by atoms with E-state index in [4.69, 9.17) is 5.73 Å². The third kappa shape index (κ3) is 3.34. The van der Waals surface area contributed by atoms with Crippen molar-refractivity contribution >= 4 is 21.8 Å². The summed E-state index contributed by atoms with van der Waals surface area (Å²) in [5, 5.41) is 0. The summed E-state index contributed by atoms with van der Waals surface area (Å²) >= 11 is 3.05. The van der Waals surface area contributed by atoms with Crippen LogP contribution in [-0.4, -0.2) is 39.5 Å². The average molecular weight is 393 g/mol. The second-order valence-corrected chi connectivity index (χ2v) is 6.70. The third-order valence-corrected chi connectivity index (χ3v) is 4.78. The van der Waals surface area contributed by atoms with Crippen molar-refractivity contribution < 1.29 is 4.79 Å². The van der Waals surface area contributed by atoms with Gasteiger partial charge < -0.3 is 10.6 Å². The third-order valence-electron chi connectivity index (χ3n) is 4.22. The fraction of sp³-hybridized carbons (Fsp3) is 0.312. The molecule has 0 saturated carbocycles. The smallest absolute Gasteiger partial charge is 0.328 e. The van der Waals surface area contributed by atoms with E-state index in [1.807, 2.05) is 30.3 Å². The van der Waals surface area contributed by atoms with Crippen LogP contribution in [0.15, 0.2) is 50.6 Å². The summed E-state index contributed by atoms with van der Waals surface area (Å²) in [7, 11) is 0. The number of aromatic nitrogens is 2. The molecule has 0 aliphatic carbocycles. The predicted octanol–water partition coefficient (Wildman–Crippen LogP) is 0.252. The second kappa shape index (κ2) is 6.74. The first-order valence-corrected chi connectivity index (χ1v) is 8.32. The number of hydrogen-bond acceptors (Lipinski definition) is 4. The number of benzene rings is 1. The Bertz CT molecular complexity index is 862. The molecule has 3 rings (SSSR count). The number of aromatic amines is 1. The molecule has 1 aliphatic rings. The van der Waals surface area contributed by atoms with E-state index in [1.54, 1.807) is 4.90 Å². The number of nitrogens with two attached hydrogens (primary N) is 1. The molecule has 1 fully saturated rings. The fourth-order valence-electron chi connectivity index (χ4n) is 2.93. The molecule has 126 valence electrons. The summed E-state index contributed by atoms with van der Waals surface area (Å²) in [6, 6.07) is 9.70. The minimum absolute atomic E-state index is 0.0780. The molecule has 1 aliphatic heterocycles. The molecule has 7 nitrogen and oxygen atoms in total. The molecular weight excluding hydrogens is 376 g/mol. The number of carbonyl (C=O) groups excluding carboxylic acids is 1. The normalized spacial score (nSPS) is 20.3. The lowest BCUT2D eigenvalue weighted by molar-refractivity contribution is -0.130. The molecule has 0 unspecified atom stereocenters. The van der Waals surface area contributed by atoms with Gasteiger partial charge in [-0.3, -0.25) is 19.1 Å². The van der Waals surface area contributed by atoms with Crippen molar-refractivity contribution in [2.75, 3.05) is 13.1 Å². The van der Waals surface area contributed by atoms with Crippen LogP contribution in [0.2, 0.25) is 0 Å². The van der Waals surface area contributed by atoms with Gasteiger partial charge in [0.1, 0.15) is 6.54 Å². The Balaban J connectivity index is 1.74. The monoisotopic (exact) mass is 392 g/mol. The SMILES string of the molecule is N[C@@H]1CN(C(=O)Cn2cc(Br)c(=O)[nH]c2=O)C[C@H]1c1ccccc1. The van der Waals surface area contributed by atoms with Gasteiger partial charge in [0, 0.05) is 31.2 Å². The first kappa shape index (κ1) is 16.7. The Morgan fingerprint density at radius 3 is 2.67 bits per heavy atom. The molecule has 8 heteroatoms. The zero-order valence-corrected chi connectivity index (χ0v) is 14.4. The Hall–Kier alpha value is -2.19. The Morgan fingerprint density at radius 1 is 1.25 bits per heavy atom. The van der Waals surface area contributed by atoms with Crippen LogP contribution in [0.25, 0.3) is 0 Å². The molecule has 0 radical (unpaired) electrons. The number of amides is 1. The Labute approximate surface area is 146 Å². The Morgan fingerprint density at radius 2 is 1.96 bits per heavy atom. The van der Waals surface area contributed by atoms with Gasteiger partial charge in [-0.1, -0.05) is 30.3 Å². The number of H-pyrrole nitrogens is 1. The molecule has 2 aromatic rings. The highest BCUT2D eigenvalue weighted by Gasteiger charge is 2.33. The van der Waals surface area contributed by atoms with E-state index in [0.717, 1.165) is 5.56 Å². The van der Waals surface area contributed by atoms with E-state index in [1.165, 1.54) is 10.8 Å². The lowest BCUT2D eigenvalue weighted by atomic mass is 9.95. The topological polar surface area (TPSA) is 101 Å². The average Bonchev–Trinajstić information content (AvgIpc) is 2.95. The van der Waals surface area contributed by atoms with Crippen LogP contribution < -0.4 is 17.0 Å². The largest absolute Gasteiger partial charge is 0.339 e. The standard InChI is InChI=1S/C16H17BrN4O3/c17-12-7-21(16(24)19-15(12)23)9-14(22)20-6-11(13(18)8-20)10-4-2-1-3-5-10/h1-5,7,11,13H,6,8-9,18H2,(H,19,23,24)/t11-,13+/m0/s1. The highest BCUT2D eigenvalue weighted by molar-refractivity contribution is 9.10. The molecule has 1 saturated heterocycles. The van der Waals surface area contributed by atoms with Crippen molar-refractivity contribution in [3.63, 3.8) is 0 Å². The van der Waals surface area contributed by atoms with Crippen molar-refractivity contribution in [3.05, 3.63) is 67.4 Å². The quantitative estimate of drug-likeness (QED) is 0.781. The van der Waals surface area contributed by atoms with Crippen molar-refractivity contribution in [3.8, 4) is 0 Å². The van der Waals surface area contributed by atoms with E-state index >= 15 is 0 Å². The van der Waals surface area contributed by atoms with Gasteiger partial charge >= 0.3 is 5.69 Å². The molecule has 24 heavy (non-hydrogen) atoms. The molecule has 3 N–H and O–H groups in total. The first-order valence-electron chi connectivity index (χ1n) is 7.53. The lowest BCUT2D eigenvalue weighted by Gasteiger charge is -2.17. The van der Waals surface area contributed by atoms with Gasteiger partial charge in [-0.25, -0.2) is 4.79 Å². The minimum Gasteiger partial charge on any atom is -0.339 e. The van der Waals surface area contributed by atoms with E-state index in [0.29, 0.717) is 13.1 Å². The number of carbonyl (C=O) groups is 1. The van der Waals surface area contributed by atoms with Crippen LogP contribution in [-0.2, 0) is 11.3 Å².